The van der Waals surface area contributed by atoms with E-state index in [0.29, 0.717) is 18.1 Å². The second-order valence-electron chi connectivity index (χ2n) is 4.50. The van der Waals surface area contributed by atoms with E-state index in [4.69, 9.17) is 4.42 Å². The van der Waals surface area contributed by atoms with Gasteiger partial charge in [-0.2, -0.15) is 0 Å². The molecule has 1 aliphatic rings. The lowest BCUT2D eigenvalue weighted by Gasteiger charge is -2.18. The summed E-state index contributed by atoms with van der Waals surface area (Å²) in [5, 5.41) is 0. The number of Topliss-reactive ketones (excluding diaryl/α,β-unsaturated/α-hetero) is 1. The fourth-order valence-electron chi connectivity index (χ4n) is 2.06. The van der Waals surface area contributed by atoms with Crippen LogP contribution >= 0.6 is 0 Å². The average Bonchev–Trinajstić information content (AvgIpc) is 2.63. The van der Waals surface area contributed by atoms with Gasteiger partial charge in [-0.15, -0.1) is 0 Å². The van der Waals surface area contributed by atoms with Gasteiger partial charge in [0.2, 0.25) is 0 Å². The van der Waals surface area contributed by atoms with Crippen LogP contribution in [0.15, 0.2) is 10.6 Å². The zero-order valence-corrected chi connectivity index (χ0v) is 10.5. The first kappa shape index (κ1) is 12.3. The Labute approximate surface area is 100 Å². The highest BCUT2D eigenvalue weighted by Gasteiger charge is 2.29. The average molecular weight is 257 g/mol. The number of sulfone groups is 1. The molecular formula is C11H15NO4S. The second kappa shape index (κ2) is 4.60. The van der Waals surface area contributed by atoms with Crippen LogP contribution in [0.5, 0.6) is 0 Å². The highest BCUT2D eigenvalue weighted by atomic mass is 32.2. The molecule has 0 spiro atoms. The molecule has 0 radical (unpaired) electrons. The summed E-state index contributed by atoms with van der Waals surface area (Å²) in [6, 6.07) is 0. The van der Waals surface area contributed by atoms with Crippen molar-refractivity contribution < 1.29 is 17.6 Å². The summed E-state index contributed by atoms with van der Waals surface area (Å²) < 4.78 is 28.4. The van der Waals surface area contributed by atoms with Crippen molar-refractivity contribution >= 4 is 15.6 Å². The molecule has 0 bridgehead atoms. The third kappa shape index (κ3) is 3.15. The fraction of sp³-hybridized carbons (Fsp3) is 0.636. The number of carbonyl (C=O) groups is 1. The molecule has 0 N–H and O–H groups in total. The van der Waals surface area contributed by atoms with Crippen LogP contribution in [0.2, 0.25) is 0 Å². The summed E-state index contributed by atoms with van der Waals surface area (Å²) >= 11 is 0. The van der Waals surface area contributed by atoms with E-state index in [-0.39, 0.29) is 29.6 Å². The molecule has 2 rings (SSSR count). The van der Waals surface area contributed by atoms with Crippen LogP contribution in [-0.4, -0.2) is 30.7 Å². The lowest BCUT2D eigenvalue weighted by Crippen LogP contribution is -2.23. The van der Waals surface area contributed by atoms with Gasteiger partial charge >= 0.3 is 0 Å². The number of aromatic nitrogens is 1. The van der Waals surface area contributed by atoms with Gasteiger partial charge in [-0.25, -0.2) is 13.4 Å². The van der Waals surface area contributed by atoms with E-state index in [1.165, 1.54) is 13.1 Å². The Bertz CT molecular complexity index is 517. The third-order valence-electron chi connectivity index (χ3n) is 2.81. The Morgan fingerprint density at radius 1 is 1.59 bits per heavy atom. The van der Waals surface area contributed by atoms with E-state index in [9.17, 15) is 13.2 Å². The molecule has 1 fully saturated rings. The minimum Gasteiger partial charge on any atom is -0.445 e. The predicted octanol–water partition coefficient (Wildman–Crippen LogP) is 1.10. The Morgan fingerprint density at radius 2 is 2.35 bits per heavy atom. The molecule has 1 saturated heterocycles. The first-order valence-corrected chi connectivity index (χ1v) is 7.43. The van der Waals surface area contributed by atoms with Crippen LogP contribution in [-0.2, 0) is 21.1 Å². The molecule has 1 aromatic rings. The van der Waals surface area contributed by atoms with Crippen LogP contribution in [0, 0.1) is 0 Å². The Kier molecular flexibility index (Phi) is 3.33. The summed E-state index contributed by atoms with van der Waals surface area (Å²) in [4.78, 5) is 15.0. The van der Waals surface area contributed by atoms with Crippen molar-refractivity contribution in [2.75, 3.05) is 11.5 Å². The van der Waals surface area contributed by atoms with Crippen LogP contribution in [0.1, 0.15) is 37.3 Å². The van der Waals surface area contributed by atoms with E-state index in [1.54, 1.807) is 0 Å². The zero-order chi connectivity index (χ0) is 12.5. The Balaban J connectivity index is 2.12. The van der Waals surface area contributed by atoms with Crippen molar-refractivity contribution in [2.24, 2.45) is 0 Å². The number of ketones is 1. The van der Waals surface area contributed by atoms with Gasteiger partial charge in [0.1, 0.15) is 11.5 Å². The molecule has 1 unspecified atom stereocenters. The van der Waals surface area contributed by atoms with Crippen molar-refractivity contribution in [3.8, 4) is 0 Å². The summed E-state index contributed by atoms with van der Waals surface area (Å²) in [6.45, 7) is 1.48. The van der Waals surface area contributed by atoms with E-state index >= 15 is 0 Å². The predicted molar refractivity (Wildman–Crippen MR) is 61.5 cm³/mol. The summed E-state index contributed by atoms with van der Waals surface area (Å²) in [7, 11) is -2.96. The maximum absolute atomic E-state index is 11.5. The monoisotopic (exact) mass is 257 g/mol. The van der Waals surface area contributed by atoms with Gasteiger partial charge in [-0.05, 0) is 19.8 Å². The number of rotatable bonds is 3. The number of oxazole rings is 1. The summed E-state index contributed by atoms with van der Waals surface area (Å²) in [5.74, 6) is 1.16. The Hall–Kier alpha value is -1.17. The van der Waals surface area contributed by atoms with Crippen LogP contribution in [0.25, 0.3) is 0 Å². The fourth-order valence-corrected chi connectivity index (χ4v) is 3.75. The number of nitrogens with zero attached hydrogens (tertiary/aromatic N) is 1. The molecule has 6 heteroatoms. The molecule has 1 aromatic heterocycles. The largest absolute Gasteiger partial charge is 0.445 e. The lowest BCUT2D eigenvalue weighted by atomic mass is 10.1. The van der Waals surface area contributed by atoms with E-state index in [0.717, 1.165) is 6.42 Å². The second-order valence-corrected chi connectivity index (χ2v) is 6.73. The van der Waals surface area contributed by atoms with Crippen LogP contribution in [0.3, 0.4) is 0 Å². The van der Waals surface area contributed by atoms with Crippen molar-refractivity contribution in [3.05, 3.63) is 17.8 Å². The first-order chi connectivity index (χ1) is 7.96. The van der Waals surface area contributed by atoms with Gasteiger partial charge in [0, 0.05) is 5.92 Å². The molecule has 1 atom stereocenters. The topological polar surface area (TPSA) is 77.2 Å². The standard InChI is InChI=1S/C11H15NO4S/c1-8(13)5-10-6-12-11(16-10)9-3-2-4-17(14,15)7-9/h6,9H,2-5,7H2,1H3. The van der Waals surface area contributed by atoms with Crippen molar-refractivity contribution in [3.63, 3.8) is 0 Å². The van der Waals surface area contributed by atoms with Gasteiger partial charge in [0.05, 0.1) is 24.1 Å². The van der Waals surface area contributed by atoms with E-state index in [2.05, 4.69) is 4.98 Å². The van der Waals surface area contributed by atoms with E-state index in [1.807, 2.05) is 0 Å². The Morgan fingerprint density at radius 3 is 3.00 bits per heavy atom. The number of hydrogen-bond acceptors (Lipinski definition) is 5. The van der Waals surface area contributed by atoms with Gasteiger partial charge in [-0.3, -0.25) is 4.79 Å². The maximum atomic E-state index is 11.5. The number of hydrogen-bond donors (Lipinski definition) is 0. The quantitative estimate of drug-likeness (QED) is 0.810. The zero-order valence-electron chi connectivity index (χ0n) is 9.68. The minimum absolute atomic E-state index is 0.00367. The highest BCUT2D eigenvalue weighted by Crippen LogP contribution is 2.27. The van der Waals surface area contributed by atoms with Gasteiger partial charge in [-0.1, -0.05) is 0 Å². The smallest absolute Gasteiger partial charge is 0.198 e. The van der Waals surface area contributed by atoms with Crippen molar-refractivity contribution in [1.82, 2.24) is 4.98 Å². The first-order valence-electron chi connectivity index (χ1n) is 5.61. The van der Waals surface area contributed by atoms with Gasteiger partial charge in [0.25, 0.3) is 0 Å². The summed E-state index contributed by atoms with van der Waals surface area (Å²) in [6.07, 6.45) is 3.15. The van der Waals surface area contributed by atoms with Gasteiger partial charge in [0.15, 0.2) is 15.7 Å². The molecule has 0 aromatic carbocycles. The molecule has 0 saturated carbocycles. The molecular weight excluding hydrogens is 242 g/mol. The van der Waals surface area contributed by atoms with E-state index < -0.39 is 9.84 Å². The third-order valence-corrected chi connectivity index (χ3v) is 4.63. The minimum atomic E-state index is -2.96. The molecule has 17 heavy (non-hydrogen) atoms. The number of carbonyl (C=O) groups excluding carboxylic acids is 1. The maximum Gasteiger partial charge on any atom is 0.198 e. The highest BCUT2D eigenvalue weighted by molar-refractivity contribution is 7.91. The SMILES string of the molecule is CC(=O)Cc1cnc(C2CCCS(=O)(=O)C2)o1. The lowest BCUT2D eigenvalue weighted by molar-refractivity contribution is -0.116. The van der Waals surface area contributed by atoms with Crippen molar-refractivity contribution in [2.45, 2.75) is 32.1 Å². The van der Waals surface area contributed by atoms with Gasteiger partial charge < -0.3 is 4.42 Å². The van der Waals surface area contributed by atoms with Crippen LogP contribution < -0.4 is 0 Å². The molecule has 0 amide bonds. The molecule has 94 valence electrons. The van der Waals surface area contributed by atoms with Crippen molar-refractivity contribution in [1.29, 1.82) is 0 Å². The normalized spacial score (nSPS) is 23.5. The van der Waals surface area contributed by atoms with Crippen LogP contribution in [0.4, 0.5) is 0 Å². The molecule has 0 aliphatic carbocycles. The molecule has 5 nitrogen and oxygen atoms in total. The molecule has 2 heterocycles. The molecule has 1 aliphatic heterocycles. The summed E-state index contributed by atoms with van der Waals surface area (Å²) in [5.41, 5.74) is 0.